The molecular weight excluding hydrogens is 783 g/mol. The molecule has 16 heteroatoms. The number of benzene rings is 2. The second-order valence-electron chi connectivity index (χ2n) is 16.6. The highest BCUT2D eigenvalue weighted by molar-refractivity contribution is 6.32. The topological polar surface area (TPSA) is 167 Å². The Morgan fingerprint density at radius 1 is 0.869 bits per heavy atom. The van der Waals surface area contributed by atoms with Gasteiger partial charge in [0.1, 0.15) is 0 Å². The van der Waals surface area contributed by atoms with Crippen LogP contribution < -0.4 is 11.1 Å². The standard InChI is InChI=1S/C33H41N5O6.C11H20N2O3.CH4/c1-21-8-13-36(14-9-21)30(39)28(20-23-18-22(2)29-27(19-23)43-32(41)35(29)3)44-33(42)37-15-11-25(12-16-37)38-17-10-24-6-4-5-7-26(24)34-31(38)40;1-3-4-9-16-11(15)10(14)13-7-5-12(2)6-8-13;/h4-7,18-19,21,25,28H,8-17,20H2,1-3H3,(H,34,40);3-9H2,1-2H3;1H4/t28-;;/m1../s1. The van der Waals surface area contributed by atoms with Gasteiger partial charge >= 0.3 is 29.8 Å². The Kier molecular flexibility index (Phi) is 16.4. The van der Waals surface area contributed by atoms with Crippen molar-refractivity contribution >= 4 is 46.7 Å². The molecule has 3 saturated heterocycles. The Morgan fingerprint density at radius 2 is 1.54 bits per heavy atom. The molecule has 1 N–H and O–H groups in total. The van der Waals surface area contributed by atoms with Crippen molar-refractivity contribution in [3.8, 4) is 0 Å². The van der Waals surface area contributed by atoms with Crippen LogP contribution in [0.4, 0.5) is 15.3 Å². The van der Waals surface area contributed by atoms with Gasteiger partial charge in [0.2, 0.25) is 0 Å². The number of aryl methyl sites for hydroxylation is 2. The smallest absolute Gasteiger partial charge is 0.419 e. The molecule has 16 nitrogen and oxygen atoms in total. The van der Waals surface area contributed by atoms with E-state index in [1.807, 2.05) is 56.1 Å². The summed E-state index contributed by atoms with van der Waals surface area (Å²) in [6, 6.07) is 11.4. The number of oxazole rings is 1. The molecule has 7 rings (SSSR count). The number of fused-ring (bicyclic) bond motifs is 2. The van der Waals surface area contributed by atoms with Crippen molar-refractivity contribution in [3.63, 3.8) is 0 Å². The number of rotatable bonds is 8. The zero-order valence-corrected chi connectivity index (χ0v) is 35.8. The lowest BCUT2D eigenvalue weighted by molar-refractivity contribution is -0.161. The largest absolute Gasteiger partial charge is 0.459 e. The molecular formula is C45H65N7O9. The minimum atomic E-state index is -1.00. The number of para-hydroxylation sites is 1. The third-order valence-corrected chi connectivity index (χ3v) is 12.2. The Morgan fingerprint density at radius 3 is 2.23 bits per heavy atom. The minimum Gasteiger partial charge on any atom is -0.459 e. The molecule has 5 amide bonds. The van der Waals surface area contributed by atoms with E-state index in [4.69, 9.17) is 13.9 Å². The molecule has 0 aliphatic carbocycles. The number of urea groups is 1. The lowest BCUT2D eigenvalue weighted by Crippen LogP contribution is -2.51. The number of piperidine rings is 2. The summed E-state index contributed by atoms with van der Waals surface area (Å²) in [7, 11) is 3.66. The first-order chi connectivity index (χ1) is 28.8. The molecule has 334 valence electrons. The number of nitrogens with zero attached hydrogens (tertiary/aromatic N) is 6. The molecule has 61 heavy (non-hydrogen) atoms. The molecule has 0 saturated carbocycles. The second-order valence-corrected chi connectivity index (χ2v) is 16.6. The van der Waals surface area contributed by atoms with Crippen LogP contribution in [-0.2, 0) is 43.7 Å². The van der Waals surface area contributed by atoms with Crippen LogP contribution in [0.2, 0.25) is 0 Å². The molecule has 3 aromatic rings. The van der Waals surface area contributed by atoms with Gasteiger partial charge in [0.25, 0.3) is 5.91 Å². The lowest BCUT2D eigenvalue weighted by atomic mass is 9.98. The summed E-state index contributed by atoms with van der Waals surface area (Å²) in [5, 5.41) is 3.03. The molecule has 4 aliphatic rings. The van der Waals surface area contributed by atoms with Gasteiger partial charge in [-0.2, -0.15) is 0 Å². The number of amides is 5. The van der Waals surface area contributed by atoms with Crippen molar-refractivity contribution in [2.45, 2.75) is 91.7 Å². The fraction of sp³-hybridized carbons (Fsp3) is 0.600. The highest BCUT2D eigenvalue weighted by Gasteiger charge is 2.35. The third-order valence-electron chi connectivity index (χ3n) is 12.2. The summed E-state index contributed by atoms with van der Waals surface area (Å²) in [5.41, 5.74) is 4.72. The zero-order chi connectivity index (χ0) is 42.9. The first kappa shape index (κ1) is 46.7. The van der Waals surface area contributed by atoms with E-state index in [0.717, 1.165) is 67.6 Å². The fourth-order valence-electron chi connectivity index (χ4n) is 8.33. The molecule has 0 spiro atoms. The predicted octanol–water partition coefficient (Wildman–Crippen LogP) is 5.04. The van der Waals surface area contributed by atoms with Crippen molar-refractivity contribution in [2.75, 3.05) is 77.9 Å². The SMILES string of the molecule is C.CCCCOC(=O)C(=O)N1CCN(C)CC1.Cc1cc(C[C@@H](OC(=O)N2CCC(N3CCc4ccccc4NC3=O)CC2)C(=O)N2CCC(C)CC2)cc2oc(=O)n(C)c12. The molecule has 0 bridgehead atoms. The molecule has 0 radical (unpaired) electrons. The van der Waals surface area contributed by atoms with Gasteiger partial charge in [-0.15, -0.1) is 0 Å². The zero-order valence-electron chi connectivity index (χ0n) is 35.8. The maximum absolute atomic E-state index is 13.8. The normalized spacial score (nSPS) is 18.2. The van der Waals surface area contributed by atoms with Gasteiger partial charge in [-0.25, -0.2) is 19.2 Å². The fourth-order valence-corrected chi connectivity index (χ4v) is 8.33. The van der Waals surface area contributed by atoms with Crippen molar-refractivity contribution in [3.05, 3.63) is 63.6 Å². The summed E-state index contributed by atoms with van der Waals surface area (Å²) in [4.78, 5) is 84.4. The van der Waals surface area contributed by atoms with Crippen molar-refractivity contribution in [1.82, 2.24) is 29.1 Å². The van der Waals surface area contributed by atoms with Gasteiger partial charge in [0.05, 0.1) is 12.1 Å². The molecule has 4 aliphatic heterocycles. The first-order valence-corrected chi connectivity index (χ1v) is 21.5. The van der Waals surface area contributed by atoms with Crippen molar-refractivity contribution in [2.24, 2.45) is 13.0 Å². The number of ether oxygens (including phenoxy) is 2. The lowest BCUT2D eigenvalue weighted by Gasteiger charge is -2.38. The number of hydrogen-bond acceptors (Lipinski definition) is 10. The summed E-state index contributed by atoms with van der Waals surface area (Å²) < 4.78 is 17.8. The van der Waals surface area contributed by atoms with E-state index in [1.165, 1.54) is 4.57 Å². The van der Waals surface area contributed by atoms with Gasteiger partial charge in [-0.3, -0.25) is 14.2 Å². The molecule has 0 unspecified atom stereocenters. The first-order valence-electron chi connectivity index (χ1n) is 21.5. The molecule has 3 fully saturated rings. The Labute approximate surface area is 359 Å². The maximum atomic E-state index is 13.8. The van der Waals surface area contributed by atoms with Gasteiger partial charge < -0.3 is 43.7 Å². The van der Waals surface area contributed by atoms with E-state index in [9.17, 15) is 28.8 Å². The average molecular weight is 848 g/mol. The highest BCUT2D eigenvalue weighted by atomic mass is 16.6. The predicted molar refractivity (Wildman–Crippen MR) is 232 cm³/mol. The second kappa shape index (κ2) is 21.4. The summed E-state index contributed by atoms with van der Waals surface area (Å²) in [5.74, 6) is -1.31. The van der Waals surface area contributed by atoms with E-state index in [-0.39, 0.29) is 31.8 Å². The molecule has 5 heterocycles. The minimum absolute atomic E-state index is 0. The van der Waals surface area contributed by atoms with E-state index < -0.39 is 29.8 Å². The number of esters is 1. The number of nitrogens with one attached hydrogen (secondary N) is 1. The van der Waals surface area contributed by atoms with Crippen LogP contribution in [-0.4, -0.2) is 144 Å². The third kappa shape index (κ3) is 11.7. The Hall–Kier alpha value is -5.38. The van der Waals surface area contributed by atoms with Crippen LogP contribution in [0.1, 0.15) is 76.5 Å². The summed E-state index contributed by atoms with van der Waals surface area (Å²) in [6.07, 6.45) is 4.27. The van der Waals surface area contributed by atoms with Crippen LogP contribution in [0.3, 0.4) is 0 Å². The number of hydrogen-bond donors (Lipinski definition) is 1. The van der Waals surface area contributed by atoms with Gasteiger partial charge in [-0.05, 0) is 87.2 Å². The van der Waals surface area contributed by atoms with Crippen LogP contribution in [0.25, 0.3) is 11.1 Å². The number of aromatic nitrogens is 1. The van der Waals surface area contributed by atoms with Gasteiger partial charge in [0, 0.05) is 84.1 Å². The van der Waals surface area contributed by atoms with Gasteiger partial charge in [0.15, 0.2) is 11.7 Å². The van der Waals surface area contributed by atoms with Crippen LogP contribution >= 0.6 is 0 Å². The van der Waals surface area contributed by atoms with Crippen LogP contribution in [0.15, 0.2) is 45.6 Å². The van der Waals surface area contributed by atoms with Crippen molar-refractivity contribution < 1.29 is 37.9 Å². The number of piperazine rings is 1. The Balaban J connectivity index is 0.000000351. The Bertz CT molecular complexity index is 2060. The number of likely N-dealkylation sites (N-methyl/N-ethyl adjacent to an activating group) is 1. The number of carbonyl (C=O) groups excluding carboxylic acids is 5. The number of likely N-dealkylation sites (tertiary alicyclic amines) is 2. The summed E-state index contributed by atoms with van der Waals surface area (Å²) >= 11 is 0. The number of unbranched alkanes of at least 4 members (excludes halogenated alkanes) is 1. The molecule has 2 aromatic carbocycles. The van der Waals surface area contributed by atoms with Crippen LogP contribution in [0.5, 0.6) is 0 Å². The number of anilines is 1. The monoisotopic (exact) mass is 847 g/mol. The average Bonchev–Trinajstić information content (AvgIpc) is 3.42. The van der Waals surface area contributed by atoms with E-state index in [2.05, 4.69) is 17.1 Å². The van der Waals surface area contributed by atoms with E-state index in [1.54, 1.807) is 27.8 Å². The van der Waals surface area contributed by atoms with Crippen molar-refractivity contribution in [1.29, 1.82) is 0 Å². The van der Waals surface area contributed by atoms with Gasteiger partial charge in [-0.1, -0.05) is 52.0 Å². The molecule has 1 aromatic heterocycles. The highest BCUT2D eigenvalue weighted by Crippen LogP contribution is 2.27. The maximum Gasteiger partial charge on any atom is 0.419 e. The van der Waals surface area contributed by atoms with E-state index in [0.29, 0.717) is 82.3 Å². The number of carbonyl (C=O) groups is 5. The van der Waals surface area contributed by atoms with E-state index >= 15 is 0 Å². The molecule has 1 atom stereocenters. The summed E-state index contributed by atoms with van der Waals surface area (Å²) in [6.45, 7) is 12.0. The quantitative estimate of drug-likeness (QED) is 0.184. The van der Waals surface area contributed by atoms with Crippen LogP contribution in [0, 0.1) is 12.8 Å².